The highest BCUT2D eigenvalue weighted by atomic mass is 35.5. The van der Waals surface area contributed by atoms with E-state index in [1.54, 1.807) is 36.4 Å². The van der Waals surface area contributed by atoms with Gasteiger partial charge in [-0.05, 0) is 93.0 Å². The van der Waals surface area contributed by atoms with Crippen LogP contribution in [0.4, 0.5) is 13.2 Å². The number of carbonyl (C=O) groups is 2. The monoisotopic (exact) mass is 630 g/mol. The number of carbonyl (C=O) groups excluding carboxylic acids is 2. The maximum absolute atomic E-state index is 13.6. The molecule has 1 unspecified atom stereocenters. The molecule has 3 aromatic rings. The van der Waals surface area contributed by atoms with E-state index in [0.717, 1.165) is 18.2 Å². The van der Waals surface area contributed by atoms with Crippen molar-refractivity contribution in [2.45, 2.75) is 32.0 Å². The number of likely N-dealkylation sites (N-methyl/N-ethyl adjacent to an activating group) is 1. The Hall–Kier alpha value is -3.59. The van der Waals surface area contributed by atoms with Crippen molar-refractivity contribution < 1.29 is 27.5 Å². The van der Waals surface area contributed by atoms with Gasteiger partial charge in [-0.2, -0.15) is 13.2 Å². The summed E-state index contributed by atoms with van der Waals surface area (Å²) in [7, 11) is 3.89. The summed E-state index contributed by atoms with van der Waals surface area (Å²) in [6.45, 7) is 3.09. The van der Waals surface area contributed by atoms with Crippen LogP contribution in [0.5, 0.6) is 5.75 Å². The Morgan fingerprint density at radius 2 is 1.53 bits per heavy atom. The molecule has 5 nitrogen and oxygen atoms in total. The molecule has 0 aliphatic heterocycles. The standard InChI is InChI=1S/C33H31Cl2F3N2O3/c1-20-6-4-7-22(29(20)34)16-24-18-26(39-32(42)21-10-12-27(13-11-21)43-15-14-40(2)3)19-25(31(24)41)17-23-8-5-9-28(30(23)35)33(36,37)38/h4-13,16-17,26H,14-15,18-19H2,1-3H3,(H,39,42)/b24-16+,25-17+. The quantitative estimate of drug-likeness (QED) is 0.257. The lowest BCUT2D eigenvalue weighted by Gasteiger charge is -2.27. The first kappa shape index (κ1) is 32.3. The highest BCUT2D eigenvalue weighted by molar-refractivity contribution is 6.33. The van der Waals surface area contributed by atoms with E-state index in [1.165, 1.54) is 18.2 Å². The summed E-state index contributed by atoms with van der Waals surface area (Å²) < 4.78 is 46.2. The number of ether oxygens (including phenoxy) is 1. The molecule has 226 valence electrons. The van der Waals surface area contributed by atoms with Crippen molar-refractivity contribution in [2.24, 2.45) is 0 Å². The molecule has 0 heterocycles. The Labute approximate surface area is 258 Å². The SMILES string of the molecule is Cc1cccc(/C=C2\CC(NC(=O)c3ccc(OCCN(C)C)cc3)C/C(=C\c3cccc(C(F)(F)F)c3Cl)C2=O)c1Cl. The van der Waals surface area contributed by atoms with Crippen LogP contribution in [0.3, 0.4) is 0 Å². The normalized spacial score (nSPS) is 17.5. The average Bonchev–Trinajstić information content (AvgIpc) is 2.94. The Balaban J connectivity index is 1.64. The highest BCUT2D eigenvalue weighted by Crippen LogP contribution is 2.38. The first-order chi connectivity index (χ1) is 20.3. The topological polar surface area (TPSA) is 58.6 Å². The summed E-state index contributed by atoms with van der Waals surface area (Å²) in [6.07, 6.45) is -1.32. The van der Waals surface area contributed by atoms with Crippen molar-refractivity contribution in [3.63, 3.8) is 0 Å². The van der Waals surface area contributed by atoms with Gasteiger partial charge in [0.2, 0.25) is 0 Å². The van der Waals surface area contributed by atoms with Crippen molar-refractivity contribution in [2.75, 3.05) is 27.2 Å². The van der Waals surface area contributed by atoms with Crippen LogP contribution in [0.15, 0.2) is 71.8 Å². The molecule has 0 aromatic heterocycles. The van der Waals surface area contributed by atoms with Crippen molar-refractivity contribution in [3.05, 3.63) is 110 Å². The second-order valence-corrected chi connectivity index (χ2v) is 11.4. The van der Waals surface area contributed by atoms with E-state index in [2.05, 4.69) is 5.32 Å². The molecule has 0 spiro atoms. The maximum atomic E-state index is 13.6. The van der Waals surface area contributed by atoms with E-state index >= 15 is 0 Å². The van der Waals surface area contributed by atoms with Gasteiger partial charge >= 0.3 is 6.18 Å². The van der Waals surface area contributed by atoms with E-state index in [0.29, 0.717) is 34.1 Å². The van der Waals surface area contributed by atoms with Gasteiger partial charge < -0.3 is 15.0 Å². The molecule has 0 saturated heterocycles. The summed E-state index contributed by atoms with van der Waals surface area (Å²) in [5.41, 5.74) is 1.50. The van der Waals surface area contributed by atoms with Crippen molar-refractivity contribution in [3.8, 4) is 5.75 Å². The summed E-state index contributed by atoms with van der Waals surface area (Å²) in [4.78, 5) is 28.8. The molecule has 1 aliphatic rings. The summed E-state index contributed by atoms with van der Waals surface area (Å²) in [5, 5.41) is 2.96. The van der Waals surface area contributed by atoms with E-state index in [-0.39, 0.29) is 35.7 Å². The fourth-order valence-electron chi connectivity index (χ4n) is 4.70. The van der Waals surface area contributed by atoms with Crippen LogP contribution >= 0.6 is 23.2 Å². The molecule has 3 aromatic carbocycles. The number of halogens is 5. The Bertz CT molecular complexity index is 1560. The van der Waals surface area contributed by atoms with Crippen LogP contribution < -0.4 is 10.1 Å². The lowest BCUT2D eigenvalue weighted by molar-refractivity contribution is -0.137. The van der Waals surface area contributed by atoms with Crippen molar-refractivity contribution >= 4 is 47.0 Å². The molecule has 1 amide bonds. The van der Waals surface area contributed by atoms with E-state index < -0.39 is 22.8 Å². The van der Waals surface area contributed by atoms with Gasteiger partial charge in [-0.3, -0.25) is 9.59 Å². The summed E-state index contributed by atoms with van der Waals surface area (Å²) in [5.74, 6) is -0.0792. The zero-order valence-corrected chi connectivity index (χ0v) is 25.4. The molecular weight excluding hydrogens is 600 g/mol. The molecule has 43 heavy (non-hydrogen) atoms. The van der Waals surface area contributed by atoms with Crippen LogP contribution in [0.1, 0.15) is 45.5 Å². The van der Waals surface area contributed by atoms with Gasteiger partial charge in [0.25, 0.3) is 5.91 Å². The zero-order chi connectivity index (χ0) is 31.3. The highest BCUT2D eigenvalue weighted by Gasteiger charge is 2.34. The third-order valence-electron chi connectivity index (χ3n) is 6.99. The minimum absolute atomic E-state index is 0.0598. The molecule has 0 bridgehead atoms. The lowest BCUT2D eigenvalue weighted by Crippen LogP contribution is -2.39. The summed E-state index contributed by atoms with van der Waals surface area (Å²) in [6, 6.07) is 15.2. The lowest BCUT2D eigenvalue weighted by atomic mass is 9.83. The van der Waals surface area contributed by atoms with Crippen molar-refractivity contribution in [1.29, 1.82) is 0 Å². The molecule has 1 atom stereocenters. The van der Waals surface area contributed by atoms with Crippen molar-refractivity contribution in [1.82, 2.24) is 10.2 Å². The molecule has 1 N–H and O–H groups in total. The minimum atomic E-state index is -4.65. The molecule has 1 saturated carbocycles. The largest absolute Gasteiger partial charge is 0.492 e. The number of aryl methyl sites for hydroxylation is 1. The Morgan fingerprint density at radius 3 is 2.12 bits per heavy atom. The number of hydrogen-bond acceptors (Lipinski definition) is 4. The fraction of sp³-hybridized carbons (Fsp3) is 0.273. The second-order valence-electron chi connectivity index (χ2n) is 10.6. The molecule has 1 aliphatic carbocycles. The maximum Gasteiger partial charge on any atom is 0.417 e. The minimum Gasteiger partial charge on any atom is -0.492 e. The number of Topliss-reactive ketones (excluding diaryl/α,β-unsaturated/α-hetero) is 1. The number of alkyl halides is 3. The van der Waals surface area contributed by atoms with Gasteiger partial charge in [0.15, 0.2) is 5.78 Å². The molecule has 0 radical (unpaired) electrons. The predicted octanol–water partition coefficient (Wildman–Crippen LogP) is 7.89. The number of hydrogen-bond donors (Lipinski definition) is 1. The van der Waals surface area contributed by atoms with Crippen LogP contribution in [0, 0.1) is 6.92 Å². The molecule has 1 fully saturated rings. The molecular formula is C33H31Cl2F3N2O3. The Morgan fingerprint density at radius 1 is 0.953 bits per heavy atom. The molecule has 10 heteroatoms. The van der Waals surface area contributed by atoms with Gasteiger partial charge in [0, 0.05) is 29.3 Å². The second kappa shape index (κ2) is 13.8. The van der Waals surface area contributed by atoms with E-state index in [1.807, 2.05) is 38.1 Å². The summed E-state index contributed by atoms with van der Waals surface area (Å²) >= 11 is 12.6. The number of rotatable bonds is 8. The zero-order valence-electron chi connectivity index (χ0n) is 23.9. The number of amides is 1. The third kappa shape index (κ3) is 8.28. The van der Waals surface area contributed by atoms with Crippen LogP contribution in [-0.4, -0.2) is 49.9 Å². The van der Waals surface area contributed by atoms with Gasteiger partial charge in [0.05, 0.1) is 15.6 Å². The first-order valence-electron chi connectivity index (χ1n) is 13.6. The third-order valence-corrected chi connectivity index (χ3v) is 7.93. The number of benzene rings is 3. The number of nitrogens with one attached hydrogen (secondary N) is 1. The van der Waals surface area contributed by atoms with Gasteiger partial charge in [-0.1, -0.05) is 53.5 Å². The average molecular weight is 632 g/mol. The first-order valence-corrected chi connectivity index (χ1v) is 14.3. The molecule has 4 rings (SSSR count). The number of nitrogens with zero attached hydrogens (tertiary/aromatic N) is 1. The number of ketones is 1. The predicted molar refractivity (Wildman–Crippen MR) is 165 cm³/mol. The van der Waals surface area contributed by atoms with Gasteiger partial charge in [0.1, 0.15) is 12.4 Å². The van der Waals surface area contributed by atoms with Gasteiger partial charge in [-0.15, -0.1) is 0 Å². The van der Waals surface area contributed by atoms with E-state index in [4.69, 9.17) is 27.9 Å². The fourth-order valence-corrected chi connectivity index (χ4v) is 5.17. The van der Waals surface area contributed by atoms with Crippen LogP contribution in [-0.2, 0) is 11.0 Å². The van der Waals surface area contributed by atoms with E-state index in [9.17, 15) is 22.8 Å². The smallest absolute Gasteiger partial charge is 0.417 e. The Kier molecular flexibility index (Phi) is 10.4. The van der Waals surface area contributed by atoms with Gasteiger partial charge in [-0.25, -0.2) is 0 Å². The van der Waals surface area contributed by atoms with Crippen LogP contribution in [0.2, 0.25) is 10.0 Å². The van der Waals surface area contributed by atoms with Crippen LogP contribution in [0.25, 0.3) is 12.2 Å².